The van der Waals surface area contributed by atoms with Crippen molar-refractivity contribution < 1.29 is 14.3 Å². The standard InChI is InChI=1S/C39H54N2O3/c1-3-5-7-8-9-11-14-33-29-40-38(41-30-33)34-20-22-35(23-21-34)39(42)44-37-26-24-36(25-27-37)43-28-12-15-32-18-16-31(17-19-32)13-10-6-4-2/h20-27,29-32H,3-19,28H2,1-2H3. The smallest absolute Gasteiger partial charge is 0.343 e. The summed E-state index contributed by atoms with van der Waals surface area (Å²) in [4.78, 5) is 21.8. The van der Waals surface area contributed by atoms with Crippen molar-refractivity contribution in [1.82, 2.24) is 9.97 Å². The lowest BCUT2D eigenvalue weighted by Gasteiger charge is -2.28. The molecule has 0 radical (unpaired) electrons. The van der Waals surface area contributed by atoms with Crippen LogP contribution in [0.2, 0.25) is 0 Å². The van der Waals surface area contributed by atoms with Gasteiger partial charge in [-0.15, -0.1) is 0 Å². The zero-order chi connectivity index (χ0) is 30.8. The van der Waals surface area contributed by atoms with Gasteiger partial charge in [0.05, 0.1) is 12.2 Å². The Morgan fingerprint density at radius 3 is 1.91 bits per heavy atom. The zero-order valence-electron chi connectivity index (χ0n) is 27.3. The summed E-state index contributed by atoms with van der Waals surface area (Å²) in [7, 11) is 0. The van der Waals surface area contributed by atoms with E-state index in [1.807, 2.05) is 36.7 Å². The van der Waals surface area contributed by atoms with Crippen LogP contribution >= 0.6 is 0 Å². The molecule has 3 aromatic rings. The number of carbonyl (C=O) groups excluding carboxylic acids is 1. The molecule has 5 nitrogen and oxygen atoms in total. The van der Waals surface area contributed by atoms with Crippen molar-refractivity contribution in [2.45, 2.75) is 123 Å². The predicted octanol–water partition coefficient (Wildman–Crippen LogP) is 10.8. The maximum atomic E-state index is 12.7. The molecule has 2 aromatic carbocycles. The Morgan fingerprint density at radius 2 is 1.25 bits per heavy atom. The minimum atomic E-state index is -0.388. The van der Waals surface area contributed by atoms with E-state index in [0.29, 0.717) is 17.1 Å². The van der Waals surface area contributed by atoms with Gasteiger partial charge in [0.2, 0.25) is 0 Å². The van der Waals surface area contributed by atoms with Crippen LogP contribution in [-0.4, -0.2) is 22.5 Å². The van der Waals surface area contributed by atoms with E-state index in [0.717, 1.165) is 42.6 Å². The fourth-order valence-electron chi connectivity index (χ4n) is 6.32. The number of benzene rings is 2. The molecule has 0 N–H and O–H groups in total. The van der Waals surface area contributed by atoms with Gasteiger partial charge in [-0.2, -0.15) is 0 Å². The molecule has 1 aromatic heterocycles. The van der Waals surface area contributed by atoms with E-state index in [4.69, 9.17) is 9.47 Å². The van der Waals surface area contributed by atoms with Crippen molar-refractivity contribution in [2.24, 2.45) is 11.8 Å². The number of ether oxygens (including phenoxy) is 2. The lowest BCUT2D eigenvalue weighted by atomic mass is 9.78. The second kappa shape index (κ2) is 19.2. The third kappa shape index (κ3) is 11.7. The number of nitrogens with zero attached hydrogens (tertiary/aromatic N) is 2. The van der Waals surface area contributed by atoms with Crippen LogP contribution in [0.5, 0.6) is 11.5 Å². The average molecular weight is 599 g/mol. The van der Waals surface area contributed by atoms with Crippen LogP contribution in [0.4, 0.5) is 0 Å². The maximum Gasteiger partial charge on any atom is 0.343 e. The van der Waals surface area contributed by atoms with Crippen LogP contribution in [-0.2, 0) is 6.42 Å². The summed E-state index contributed by atoms with van der Waals surface area (Å²) in [5, 5.41) is 0. The lowest BCUT2D eigenvalue weighted by Crippen LogP contribution is -2.15. The van der Waals surface area contributed by atoms with Crippen molar-refractivity contribution in [3.05, 3.63) is 72.1 Å². The minimum absolute atomic E-state index is 0.388. The lowest BCUT2D eigenvalue weighted by molar-refractivity contribution is 0.0734. The molecular formula is C39H54N2O3. The molecule has 1 fully saturated rings. The summed E-state index contributed by atoms with van der Waals surface area (Å²) < 4.78 is 11.6. The SMILES string of the molecule is CCCCCCCCc1cnc(-c2ccc(C(=O)Oc3ccc(OCCCC4CCC(CCCCC)CC4)cc3)cc2)nc1. The first-order valence-electron chi connectivity index (χ1n) is 17.5. The maximum absolute atomic E-state index is 12.7. The summed E-state index contributed by atoms with van der Waals surface area (Å²) in [6, 6.07) is 14.6. The first-order valence-corrected chi connectivity index (χ1v) is 17.5. The Bertz CT molecular complexity index is 1200. The molecule has 0 bridgehead atoms. The fourth-order valence-corrected chi connectivity index (χ4v) is 6.32. The van der Waals surface area contributed by atoms with E-state index >= 15 is 0 Å². The number of carbonyl (C=O) groups is 1. The first kappa shape index (κ1) is 33.7. The van der Waals surface area contributed by atoms with E-state index in [1.54, 1.807) is 24.3 Å². The second-order valence-electron chi connectivity index (χ2n) is 12.7. The molecule has 1 aliphatic rings. The molecule has 1 saturated carbocycles. The highest BCUT2D eigenvalue weighted by Crippen LogP contribution is 2.34. The fraction of sp³-hybridized carbons (Fsp3) is 0.564. The van der Waals surface area contributed by atoms with Crippen molar-refractivity contribution in [3.8, 4) is 22.9 Å². The Hall–Kier alpha value is -3.21. The van der Waals surface area contributed by atoms with Crippen LogP contribution in [0, 0.1) is 11.8 Å². The number of esters is 1. The van der Waals surface area contributed by atoms with Gasteiger partial charge in [-0.25, -0.2) is 14.8 Å². The van der Waals surface area contributed by atoms with Crippen molar-refractivity contribution in [1.29, 1.82) is 0 Å². The minimum Gasteiger partial charge on any atom is -0.494 e. The molecule has 0 atom stereocenters. The molecular weight excluding hydrogens is 544 g/mol. The third-order valence-electron chi connectivity index (χ3n) is 9.15. The summed E-state index contributed by atoms with van der Waals surface area (Å²) in [6.07, 6.45) is 26.1. The number of hydrogen-bond acceptors (Lipinski definition) is 5. The molecule has 44 heavy (non-hydrogen) atoms. The Balaban J connectivity index is 1.13. The second-order valence-corrected chi connectivity index (χ2v) is 12.7. The van der Waals surface area contributed by atoms with E-state index in [9.17, 15) is 4.79 Å². The summed E-state index contributed by atoms with van der Waals surface area (Å²) in [5.41, 5.74) is 2.54. The molecule has 4 rings (SSSR count). The van der Waals surface area contributed by atoms with Crippen LogP contribution in [0.1, 0.15) is 133 Å². The third-order valence-corrected chi connectivity index (χ3v) is 9.15. The Morgan fingerprint density at radius 1 is 0.682 bits per heavy atom. The van der Waals surface area contributed by atoms with Crippen LogP contribution < -0.4 is 9.47 Å². The van der Waals surface area contributed by atoms with Gasteiger partial charge in [0.1, 0.15) is 11.5 Å². The summed E-state index contributed by atoms with van der Waals surface area (Å²) in [5.74, 6) is 3.43. The number of unbranched alkanes of at least 4 members (excludes halogenated alkanes) is 7. The number of aryl methyl sites for hydroxylation is 1. The van der Waals surface area contributed by atoms with E-state index in [2.05, 4.69) is 23.8 Å². The van der Waals surface area contributed by atoms with E-state index in [1.165, 1.54) is 102 Å². The van der Waals surface area contributed by atoms with Crippen LogP contribution in [0.25, 0.3) is 11.4 Å². The number of hydrogen-bond donors (Lipinski definition) is 0. The normalized spacial score (nSPS) is 16.5. The molecule has 0 saturated heterocycles. The van der Waals surface area contributed by atoms with Gasteiger partial charge in [-0.3, -0.25) is 0 Å². The quantitative estimate of drug-likeness (QED) is 0.0780. The van der Waals surface area contributed by atoms with Gasteiger partial charge in [0, 0.05) is 18.0 Å². The summed E-state index contributed by atoms with van der Waals surface area (Å²) in [6.45, 7) is 5.26. The molecule has 0 spiro atoms. The monoisotopic (exact) mass is 598 g/mol. The Labute approximate surface area is 266 Å². The summed E-state index contributed by atoms with van der Waals surface area (Å²) >= 11 is 0. The average Bonchev–Trinajstić information content (AvgIpc) is 3.06. The highest BCUT2D eigenvalue weighted by Gasteiger charge is 2.20. The van der Waals surface area contributed by atoms with Gasteiger partial charge in [-0.1, -0.05) is 109 Å². The van der Waals surface area contributed by atoms with Crippen LogP contribution in [0.15, 0.2) is 60.9 Å². The predicted molar refractivity (Wildman–Crippen MR) is 180 cm³/mol. The molecule has 1 heterocycles. The van der Waals surface area contributed by atoms with Gasteiger partial charge >= 0.3 is 5.97 Å². The van der Waals surface area contributed by atoms with Crippen molar-refractivity contribution in [2.75, 3.05) is 6.61 Å². The first-order chi connectivity index (χ1) is 21.6. The largest absolute Gasteiger partial charge is 0.494 e. The van der Waals surface area contributed by atoms with Gasteiger partial charge in [-0.05, 0) is 79.5 Å². The highest BCUT2D eigenvalue weighted by molar-refractivity contribution is 5.91. The van der Waals surface area contributed by atoms with E-state index < -0.39 is 0 Å². The van der Waals surface area contributed by atoms with Crippen molar-refractivity contribution >= 4 is 5.97 Å². The Kier molecular flexibility index (Phi) is 14.7. The zero-order valence-corrected chi connectivity index (χ0v) is 27.3. The van der Waals surface area contributed by atoms with E-state index in [-0.39, 0.29) is 5.97 Å². The molecule has 238 valence electrons. The molecule has 0 unspecified atom stereocenters. The van der Waals surface area contributed by atoms with Crippen LogP contribution in [0.3, 0.4) is 0 Å². The molecule has 0 aliphatic heterocycles. The molecule has 0 amide bonds. The number of rotatable bonds is 19. The topological polar surface area (TPSA) is 61.3 Å². The van der Waals surface area contributed by atoms with Crippen molar-refractivity contribution in [3.63, 3.8) is 0 Å². The molecule has 1 aliphatic carbocycles. The van der Waals surface area contributed by atoms with Gasteiger partial charge in [0.25, 0.3) is 0 Å². The number of aromatic nitrogens is 2. The molecule has 5 heteroatoms. The highest BCUT2D eigenvalue weighted by atomic mass is 16.5. The van der Waals surface area contributed by atoms with Gasteiger partial charge < -0.3 is 9.47 Å². The van der Waals surface area contributed by atoms with Gasteiger partial charge in [0.15, 0.2) is 5.82 Å².